The zero-order valence-electron chi connectivity index (χ0n) is 14.7. The Bertz CT molecular complexity index is 1300. The number of pyridine rings is 1. The second kappa shape index (κ2) is 8.10. The predicted molar refractivity (Wildman–Crippen MR) is 109 cm³/mol. The number of aromatic nitrogens is 5. The van der Waals surface area contributed by atoms with Gasteiger partial charge < -0.3 is 4.98 Å². The van der Waals surface area contributed by atoms with Gasteiger partial charge in [-0.1, -0.05) is 24.3 Å². The van der Waals surface area contributed by atoms with E-state index in [1.54, 1.807) is 6.07 Å². The van der Waals surface area contributed by atoms with Crippen LogP contribution in [0.25, 0.3) is 21.8 Å². The molecule has 0 spiro atoms. The molecule has 0 aliphatic rings. The molecule has 0 aliphatic heterocycles. The van der Waals surface area contributed by atoms with E-state index < -0.39 is 5.56 Å². The Morgan fingerprint density at radius 2 is 2.00 bits per heavy atom. The molecule has 4 aromatic rings. The van der Waals surface area contributed by atoms with Crippen LogP contribution in [0.1, 0.15) is 16.7 Å². The van der Waals surface area contributed by atoms with Crippen molar-refractivity contribution in [3.63, 3.8) is 0 Å². The molecule has 0 saturated heterocycles. The van der Waals surface area contributed by atoms with Gasteiger partial charge in [0.2, 0.25) is 0 Å². The number of benzene rings is 1. The number of thiophene rings is 1. The highest BCUT2D eigenvalue weighted by atomic mass is 32.2. The van der Waals surface area contributed by atoms with Gasteiger partial charge in [-0.25, -0.2) is 5.10 Å². The first-order valence-corrected chi connectivity index (χ1v) is 10.2. The number of rotatable bonds is 5. The average molecular weight is 417 g/mol. The number of nitrogens with one attached hydrogen (secondary N) is 2. The van der Waals surface area contributed by atoms with Crippen molar-refractivity contribution >= 4 is 23.1 Å². The second-order valence-corrected chi connectivity index (χ2v) is 7.78. The Labute approximate surface area is 172 Å². The van der Waals surface area contributed by atoms with E-state index in [-0.39, 0.29) is 5.56 Å². The van der Waals surface area contributed by atoms with Crippen molar-refractivity contribution in [3.05, 3.63) is 68.8 Å². The van der Waals surface area contributed by atoms with E-state index in [9.17, 15) is 15.3 Å². The topological polar surface area (TPSA) is 135 Å². The van der Waals surface area contributed by atoms with Crippen LogP contribution >= 0.6 is 23.1 Å². The van der Waals surface area contributed by atoms with E-state index in [0.717, 1.165) is 11.1 Å². The molecule has 0 amide bonds. The van der Waals surface area contributed by atoms with E-state index in [2.05, 4.69) is 31.7 Å². The van der Waals surface area contributed by atoms with Gasteiger partial charge in [-0.2, -0.15) is 10.5 Å². The number of thioether (sulfide) groups is 1. The molecule has 0 radical (unpaired) electrons. The van der Waals surface area contributed by atoms with Gasteiger partial charge in [0.1, 0.15) is 17.7 Å². The molecule has 8 nitrogen and oxygen atoms in total. The molecule has 140 valence electrons. The van der Waals surface area contributed by atoms with E-state index >= 15 is 0 Å². The summed E-state index contributed by atoms with van der Waals surface area (Å²) in [6, 6.07) is 15.3. The van der Waals surface area contributed by atoms with Crippen molar-refractivity contribution < 1.29 is 0 Å². The first-order chi connectivity index (χ1) is 14.2. The molecule has 0 atom stereocenters. The summed E-state index contributed by atoms with van der Waals surface area (Å²) < 4.78 is 0. The van der Waals surface area contributed by atoms with Gasteiger partial charge in [-0.15, -0.1) is 28.2 Å². The van der Waals surface area contributed by atoms with Crippen LogP contribution in [0.3, 0.4) is 0 Å². The van der Waals surface area contributed by atoms with Crippen LogP contribution in [0.2, 0.25) is 0 Å². The summed E-state index contributed by atoms with van der Waals surface area (Å²) in [4.78, 5) is 15.9. The molecule has 1 aromatic carbocycles. The van der Waals surface area contributed by atoms with Gasteiger partial charge in [0.05, 0.1) is 10.6 Å². The fourth-order valence-corrected chi connectivity index (χ4v) is 4.54. The third-order valence-electron chi connectivity index (χ3n) is 4.10. The van der Waals surface area contributed by atoms with Crippen LogP contribution in [0.4, 0.5) is 0 Å². The maximum Gasteiger partial charge on any atom is 0.267 e. The van der Waals surface area contributed by atoms with Crippen molar-refractivity contribution in [2.24, 2.45) is 0 Å². The molecule has 0 saturated carbocycles. The first kappa shape index (κ1) is 18.6. The molecule has 0 unspecified atom stereocenters. The Balaban J connectivity index is 1.70. The average Bonchev–Trinajstić information content (AvgIpc) is 3.46. The standard InChI is InChI=1S/C19H11N7OS2/c20-8-13-16(15-5-2-6-28-15)14(9-21)19(22-18(13)27)29-10-11-3-1-4-12(7-11)17-23-25-26-24-17/h1-7H,10H2,(H,22,27)(H,23,24,25,26). The van der Waals surface area contributed by atoms with Gasteiger partial charge >= 0.3 is 0 Å². The molecule has 3 heterocycles. The molecule has 3 aromatic heterocycles. The van der Waals surface area contributed by atoms with Crippen molar-refractivity contribution in [3.8, 4) is 34.0 Å². The highest BCUT2D eigenvalue weighted by Gasteiger charge is 2.20. The van der Waals surface area contributed by atoms with Gasteiger partial charge in [-0.3, -0.25) is 4.79 Å². The van der Waals surface area contributed by atoms with Crippen molar-refractivity contribution in [1.29, 1.82) is 10.5 Å². The van der Waals surface area contributed by atoms with E-state index in [0.29, 0.717) is 32.6 Å². The number of hydrogen-bond donors (Lipinski definition) is 2. The third kappa shape index (κ3) is 3.67. The fraction of sp³-hybridized carbons (Fsp3) is 0.0526. The Morgan fingerprint density at radius 1 is 1.14 bits per heavy atom. The first-order valence-electron chi connectivity index (χ1n) is 8.31. The highest BCUT2D eigenvalue weighted by Crippen LogP contribution is 2.34. The van der Waals surface area contributed by atoms with E-state index in [1.165, 1.54) is 23.1 Å². The lowest BCUT2D eigenvalue weighted by Crippen LogP contribution is -2.14. The Morgan fingerprint density at radius 3 is 2.69 bits per heavy atom. The molecular weight excluding hydrogens is 406 g/mol. The minimum absolute atomic E-state index is 0.0480. The van der Waals surface area contributed by atoms with Crippen LogP contribution in [-0.4, -0.2) is 25.6 Å². The minimum atomic E-state index is -0.501. The Kier molecular flexibility index (Phi) is 5.20. The zero-order valence-corrected chi connectivity index (χ0v) is 16.3. The molecule has 10 heteroatoms. The largest absolute Gasteiger partial charge is 0.315 e. The van der Waals surface area contributed by atoms with Gasteiger partial charge in [0, 0.05) is 21.8 Å². The third-order valence-corrected chi connectivity index (χ3v) is 6.06. The van der Waals surface area contributed by atoms with Crippen molar-refractivity contribution in [1.82, 2.24) is 25.6 Å². The SMILES string of the molecule is N#Cc1c(SCc2cccc(-c3nnn[nH]3)c2)[nH]c(=O)c(C#N)c1-c1cccs1. The lowest BCUT2D eigenvalue weighted by Gasteiger charge is -2.10. The summed E-state index contributed by atoms with van der Waals surface area (Å²) in [6.45, 7) is 0. The summed E-state index contributed by atoms with van der Waals surface area (Å²) in [6.07, 6.45) is 0. The van der Waals surface area contributed by atoms with Crippen LogP contribution in [0.15, 0.2) is 51.6 Å². The summed E-state index contributed by atoms with van der Waals surface area (Å²) in [5, 5.41) is 35.2. The normalized spacial score (nSPS) is 10.4. The number of nitrogens with zero attached hydrogens (tertiary/aromatic N) is 5. The van der Waals surface area contributed by atoms with Crippen LogP contribution in [0.5, 0.6) is 0 Å². The lowest BCUT2D eigenvalue weighted by atomic mass is 10.0. The maximum atomic E-state index is 12.5. The number of hydrogen-bond acceptors (Lipinski definition) is 8. The predicted octanol–water partition coefficient (Wildman–Crippen LogP) is 3.32. The Hall–Kier alpha value is -3.73. The maximum absolute atomic E-state index is 12.5. The molecule has 2 N–H and O–H groups in total. The molecule has 0 aliphatic carbocycles. The minimum Gasteiger partial charge on any atom is -0.315 e. The van der Waals surface area contributed by atoms with Crippen LogP contribution in [-0.2, 0) is 5.75 Å². The summed E-state index contributed by atoms with van der Waals surface area (Å²) in [7, 11) is 0. The smallest absolute Gasteiger partial charge is 0.267 e. The summed E-state index contributed by atoms with van der Waals surface area (Å²) >= 11 is 2.71. The van der Waals surface area contributed by atoms with Gasteiger partial charge in [0.15, 0.2) is 5.82 Å². The highest BCUT2D eigenvalue weighted by molar-refractivity contribution is 7.98. The molecule has 0 fully saturated rings. The summed E-state index contributed by atoms with van der Waals surface area (Å²) in [5.74, 6) is 1.07. The van der Waals surface area contributed by atoms with Crippen molar-refractivity contribution in [2.45, 2.75) is 10.8 Å². The fourth-order valence-electron chi connectivity index (χ4n) is 2.81. The molecular formula is C19H11N7OS2. The number of nitriles is 2. The van der Waals surface area contributed by atoms with Gasteiger partial charge in [0.25, 0.3) is 5.56 Å². The molecule has 4 rings (SSSR count). The number of tetrazole rings is 1. The monoisotopic (exact) mass is 417 g/mol. The quantitative estimate of drug-likeness (QED) is 0.476. The van der Waals surface area contributed by atoms with Crippen LogP contribution in [0, 0.1) is 22.7 Å². The zero-order chi connectivity index (χ0) is 20.2. The van der Waals surface area contributed by atoms with Crippen LogP contribution < -0.4 is 5.56 Å². The molecule has 0 bridgehead atoms. The number of aromatic amines is 2. The van der Waals surface area contributed by atoms with E-state index in [1.807, 2.05) is 41.8 Å². The number of H-pyrrole nitrogens is 2. The second-order valence-electron chi connectivity index (χ2n) is 5.85. The van der Waals surface area contributed by atoms with Gasteiger partial charge in [-0.05, 0) is 33.5 Å². The summed E-state index contributed by atoms with van der Waals surface area (Å²) in [5.41, 5.74) is 1.94. The van der Waals surface area contributed by atoms with E-state index in [4.69, 9.17) is 0 Å². The lowest BCUT2D eigenvalue weighted by molar-refractivity contribution is 0.881. The molecule has 29 heavy (non-hydrogen) atoms. The van der Waals surface area contributed by atoms with Crippen molar-refractivity contribution in [2.75, 3.05) is 0 Å².